The van der Waals surface area contributed by atoms with Crippen LogP contribution in [0.25, 0.3) is 16.7 Å². The molecule has 0 aliphatic carbocycles. The molecule has 0 unspecified atom stereocenters. The van der Waals surface area contributed by atoms with Gasteiger partial charge in [0.05, 0.1) is 28.3 Å². The van der Waals surface area contributed by atoms with Crippen LogP contribution < -0.4 is 10.5 Å². The van der Waals surface area contributed by atoms with Gasteiger partial charge >= 0.3 is 0 Å². The quantitative estimate of drug-likeness (QED) is 0.715. The Hall–Kier alpha value is -2.15. The number of fused-ring (bicyclic) bond motifs is 1. The van der Waals surface area contributed by atoms with E-state index in [4.69, 9.17) is 10.5 Å². The summed E-state index contributed by atoms with van der Waals surface area (Å²) in [5.74, 6) is -0.514. The van der Waals surface area contributed by atoms with Gasteiger partial charge in [-0.25, -0.2) is 13.8 Å². The van der Waals surface area contributed by atoms with E-state index >= 15 is 0 Å². The van der Waals surface area contributed by atoms with Crippen molar-refractivity contribution >= 4 is 32.9 Å². The van der Waals surface area contributed by atoms with Crippen LogP contribution in [0.15, 0.2) is 34.8 Å². The molecule has 0 saturated carbocycles. The van der Waals surface area contributed by atoms with Gasteiger partial charge in [-0.05, 0) is 34.1 Å². The Balaban J connectivity index is 2.30. The summed E-state index contributed by atoms with van der Waals surface area (Å²) >= 11 is 2.94. The lowest BCUT2D eigenvalue weighted by Crippen LogP contribution is -2.04. The van der Waals surface area contributed by atoms with Gasteiger partial charge < -0.3 is 10.5 Å². The third-order valence-corrected chi connectivity index (χ3v) is 3.73. The Morgan fingerprint density at radius 2 is 1.95 bits per heavy atom. The van der Waals surface area contributed by atoms with Crippen LogP contribution in [0, 0.1) is 11.6 Å². The third-order valence-electron chi connectivity index (χ3n) is 3.12. The molecule has 108 valence electrons. The van der Waals surface area contributed by atoms with Gasteiger partial charge in [0.25, 0.3) is 0 Å². The molecule has 0 amide bonds. The number of nitrogens with zero attached hydrogens (tertiary/aromatic N) is 2. The second-order valence-electron chi connectivity index (χ2n) is 4.38. The SMILES string of the molecule is COc1ccc2c(c1)nc(N)n2-c1cc(F)c(Br)cc1F. The van der Waals surface area contributed by atoms with Crippen molar-refractivity contribution in [2.24, 2.45) is 0 Å². The van der Waals surface area contributed by atoms with Gasteiger partial charge in [0.1, 0.15) is 17.4 Å². The molecular weight excluding hydrogens is 344 g/mol. The molecule has 21 heavy (non-hydrogen) atoms. The minimum atomic E-state index is -0.606. The number of methoxy groups -OCH3 is 1. The number of aromatic nitrogens is 2. The monoisotopic (exact) mass is 353 g/mol. The number of nitrogens with two attached hydrogens (primary N) is 1. The molecule has 3 rings (SSSR count). The lowest BCUT2D eigenvalue weighted by molar-refractivity contribution is 0.415. The van der Waals surface area contributed by atoms with Crippen LogP contribution in [0.3, 0.4) is 0 Å². The molecular formula is C14H10BrF2N3O. The Morgan fingerprint density at radius 1 is 1.19 bits per heavy atom. The van der Waals surface area contributed by atoms with Gasteiger partial charge in [0.15, 0.2) is 0 Å². The number of imidazole rings is 1. The zero-order valence-electron chi connectivity index (χ0n) is 10.9. The summed E-state index contributed by atoms with van der Waals surface area (Å²) in [6.45, 7) is 0. The maximum Gasteiger partial charge on any atom is 0.206 e. The maximum absolute atomic E-state index is 14.1. The Morgan fingerprint density at radius 3 is 2.67 bits per heavy atom. The van der Waals surface area contributed by atoms with E-state index in [2.05, 4.69) is 20.9 Å². The second-order valence-corrected chi connectivity index (χ2v) is 5.23. The van der Waals surface area contributed by atoms with E-state index in [1.807, 2.05) is 0 Å². The van der Waals surface area contributed by atoms with Crippen molar-refractivity contribution in [1.82, 2.24) is 9.55 Å². The molecule has 0 aliphatic heterocycles. The van der Waals surface area contributed by atoms with Gasteiger partial charge in [-0.15, -0.1) is 0 Å². The van der Waals surface area contributed by atoms with E-state index < -0.39 is 11.6 Å². The summed E-state index contributed by atoms with van der Waals surface area (Å²) in [6.07, 6.45) is 0. The lowest BCUT2D eigenvalue weighted by atomic mass is 10.2. The Bertz CT molecular complexity index is 848. The lowest BCUT2D eigenvalue weighted by Gasteiger charge is -2.09. The van der Waals surface area contributed by atoms with Crippen molar-refractivity contribution in [3.63, 3.8) is 0 Å². The van der Waals surface area contributed by atoms with Gasteiger partial charge in [0, 0.05) is 12.1 Å². The highest BCUT2D eigenvalue weighted by molar-refractivity contribution is 9.10. The van der Waals surface area contributed by atoms with Crippen LogP contribution in [0.5, 0.6) is 5.75 Å². The van der Waals surface area contributed by atoms with Gasteiger partial charge in [0.2, 0.25) is 5.95 Å². The molecule has 0 spiro atoms. The van der Waals surface area contributed by atoms with Crippen molar-refractivity contribution in [2.75, 3.05) is 12.8 Å². The Labute approximate surface area is 127 Å². The number of benzene rings is 2. The molecule has 3 aromatic rings. The predicted molar refractivity (Wildman–Crippen MR) is 79.7 cm³/mol. The molecule has 0 fully saturated rings. The number of anilines is 1. The molecule has 1 aromatic heterocycles. The van der Waals surface area contributed by atoms with Crippen LogP contribution in [0.4, 0.5) is 14.7 Å². The van der Waals surface area contributed by atoms with Crippen molar-refractivity contribution in [1.29, 1.82) is 0 Å². The molecule has 0 bridgehead atoms. The standard InChI is InChI=1S/C14H10BrF2N3O/c1-21-7-2-3-12-11(4-7)19-14(18)20(12)13-6-9(16)8(15)5-10(13)17/h2-6H,1H3,(H2,18,19). The van der Waals surface area contributed by atoms with E-state index in [-0.39, 0.29) is 16.1 Å². The minimum absolute atomic E-state index is 0.000803. The summed E-state index contributed by atoms with van der Waals surface area (Å²) in [6, 6.07) is 7.19. The predicted octanol–water partition coefficient (Wildman–Crippen LogP) is 3.66. The van der Waals surface area contributed by atoms with E-state index in [1.54, 1.807) is 18.2 Å². The average molecular weight is 354 g/mol. The number of nitrogen functional groups attached to an aromatic ring is 1. The highest BCUT2D eigenvalue weighted by Crippen LogP contribution is 2.29. The summed E-state index contributed by atoms with van der Waals surface area (Å²) in [4.78, 5) is 4.15. The fourth-order valence-corrected chi connectivity index (χ4v) is 2.46. The second kappa shape index (κ2) is 5.00. The van der Waals surface area contributed by atoms with Crippen LogP contribution in [-0.4, -0.2) is 16.7 Å². The first-order valence-electron chi connectivity index (χ1n) is 5.98. The van der Waals surface area contributed by atoms with Gasteiger partial charge in [-0.3, -0.25) is 4.57 Å². The highest BCUT2D eigenvalue weighted by Gasteiger charge is 2.16. The first-order valence-corrected chi connectivity index (χ1v) is 6.77. The number of halogens is 3. The van der Waals surface area contributed by atoms with Crippen molar-refractivity contribution in [2.45, 2.75) is 0 Å². The topological polar surface area (TPSA) is 53.1 Å². The van der Waals surface area contributed by atoms with Crippen molar-refractivity contribution in [3.05, 3.63) is 46.4 Å². The normalized spacial score (nSPS) is 11.0. The number of hydrogen-bond donors (Lipinski definition) is 1. The fourth-order valence-electron chi connectivity index (χ4n) is 2.14. The number of hydrogen-bond acceptors (Lipinski definition) is 3. The summed E-state index contributed by atoms with van der Waals surface area (Å²) in [7, 11) is 1.53. The van der Waals surface area contributed by atoms with E-state index in [0.717, 1.165) is 12.1 Å². The smallest absolute Gasteiger partial charge is 0.206 e. The van der Waals surface area contributed by atoms with Crippen molar-refractivity contribution in [3.8, 4) is 11.4 Å². The zero-order chi connectivity index (χ0) is 15.1. The summed E-state index contributed by atoms with van der Waals surface area (Å²) in [5, 5.41) is 0. The number of ether oxygens (including phenoxy) is 1. The summed E-state index contributed by atoms with van der Waals surface area (Å²) in [5.41, 5.74) is 6.95. The first kappa shape index (κ1) is 13.8. The highest BCUT2D eigenvalue weighted by atomic mass is 79.9. The van der Waals surface area contributed by atoms with E-state index in [1.165, 1.54) is 11.7 Å². The molecule has 1 heterocycles. The minimum Gasteiger partial charge on any atom is -0.497 e. The Kier molecular flexibility index (Phi) is 3.29. The molecule has 2 aromatic carbocycles. The number of rotatable bonds is 2. The van der Waals surface area contributed by atoms with Crippen LogP contribution in [0.2, 0.25) is 0 Å². The molecule has 2 N–H and O–H groups in total. The maximum atomic E-state index is 14.1. The summed E-state index contributed by atoms with van der Waals surface area (Å²) < 4.78 is 34.3. The third kappa shape index (κ3) is 2.23. The van der Waals surface area contributed by atoms with Gasteiger partial charge in [-0.2, -0.15) is 0 Å². The van der Waals surface area contributed by atoms with E-state index in [9.17, 15) is 8.78 Å². The van der Waals surface area contributed by atoms with E-state index in [0.29, 0.717) is 16.8 Å². The molecule has 7 heteroatoms. The molecule has 0 saturated heterocycles. The van der Waals surface area contributed by atoms with Crippen LogP contribution >= 0.6 is 15.9 Å². The first-order chi connectivity index (χ1) is 10.0. The molecule has 0 atom stereocenters. The largest absolute Gasteiger partial charge is 0.497 e. The average Bonchev–Trinajstić information content (AvgIpc) is 2.77. The molecule has 4 nitrogen and oxygen atoms in total. The van der Waals surface area contributed by atoms with Crippen LogP contribution in [0.1, 0.15) is 0 Å². The molecule has 0 aliphatic rings. The zero-order valence-corrected chi connectivity index (χ0v) is 12.5. The van der Waals surface area contributed by atoms with Crippen LogP contribution in [-0.2, 0) is 0 Å². The molecule has 0 radical (unpaired) electrons. The van der Waals surface area contributed by atoms with Crippen molar-refractivity contribution < 1.29 is 13.5 Å². The fraction of sp³-hybridized carbons (Fsp3) is 0.0714. The van der Waals surface area contributed by atoms with Gasteiger partial charge in [-0.1, -0.05) is 0 Å².